The van der Waals surface area contributed by atoms with Crippen molar-refractivity contribution in [1.29, 1.82) is 0 Å². The van der Waals surface area contributed by atoms with Crippen molar-refractivity contribution in [3.05, 3.63) is 36.5 Å². The average molecular weight is 386 g/mol. The van der Waals surface area contributed by atoms with Gasteiger partial charge < -0.3 is 19.3 Å². The van der Waals surface area contributed by atoms with Crippen LogP contribution in [0.3, 0.4) is 0 Å². The van der Waals surface area contributed by atoms with Crippen LogP contribution in [0.25, 0.3) is 11.6 Å². The summed E-state index contributed by atoms with van der Waals surface area (Å²) in [5.74, 6) is 2.00. The van der Waals surface area contributed by atoms with E-state index in [1.54, 1.807) is 25.3 Å². The molecule has 1 aromatic carbocycles. The van der Waals surface area contributed by atoms with Crippen molar-refractivity contribution in [3.8, 4) is 23.1 Å². The molecule has 28 heavy (non-hydrogen) atoms. The number of H-pyrrole nitrogens is 1. The Morgan fingerprint density at radius 1 is 1.29 bits per heavy atom. The predicted octanol–water partition coefficient (Wildman–Crippen LogP) is 2.15. The number of hydrogen-bond donors (Lipinski definition) is 2. The molecule has 0 aliphatic heterocycles. The monoisotopic (exact) mass is 386 g/mol. The van der Waals surface area contributed by atoms with Gasteiger partial charge in [0.25, 0.3) is 5.91 Å². The van der Waals surface area contributed by atoms with Crippen LogP contribution >= 0.6 is 0 Å². The first kappa shape index (κ1) is 19.3. The lowest BCUT2D eigenvalue weighted by atomic mass is 10.0. The molecule has 1 amide bonds. The molecule has 3 rings (SSSR count). The maximum absolute atomic E-state index is 12.4. The highest BCUT2D eigenvalue weighted by molar-refractivity contribution is 5.78. The zero-order valence-electron chi connectivity index (χ0n) is 15.9. The van der Waals surface area contributed by atoms with Crippen molar-refractivity contribution in [2.45, 2.75) is 26.3 Å². The molecule has 0 fully saturated rings. The van der Waals surface area contributed by atoms with E-state index in [0.717, 1.165) is 0 Å². The van der Waals surface area contributed by atoms with Gasteiger partial charge in [0, 0.05) is 0 Å². The SMILES string of the molecule is COc1ccccc1OCC(=O)N[C@H](CC(C)C)c1nc(-c2ncn[nH]2)no1. The normalized spacial score (nSPS) is 12.0. The number of aromatic amines is 1. The number of para-hydroxylation sites is 2. The summed E-state index contributed by atoms with van der Waals surface area (Å²) in [6.07, 6.45) is 1.98. The minimum absolute atomic E-state index is 0.169. The molecule has 0 aliphatic rings. The predicted molar refractivity (Wildman–Crippen MR) is 98.5 cm³/mol. The number of carbonyl (C=O) groups is 1. The fourth-order valence-corrected chi connectivity index (χ4v) is 2.60. The highest BCUT2D eigenvalue weighted by Crippen LogP contribution is 2.26. The lowest BCUT2D eigenvalue weighted by Gasteiger charge is -2.17. The van der Waals surface area contributed by atoms with Gasteiger partial charge in [0.2, 0.25) is 11.7 Å². The summed E-state index contributed by atoms with van der Waals surface area (Å²) in [6.45, 7) is 3.91. The maximum atomic E-state index is 12.4. The maximum Gasteiger partial charge on any atom is 0.258 e. The Balaban J connectivity index is 1.66. The van der Waals surface area contributed by atoms with Gasteiger partial charge in [-0.15, -0.1) is 0 Å². The summed E-state index contributed by atoms with van der Waals surface area (Å²) in [6, 6.07) is 6.68. The van der Waals surface area contributed by atoms with E-state index in [1.165, 1.54) is 6.33 Å². The van der Waals surface area contributed by atoms with E-state index >= 15 is 0 Å². The molecule has 0 spiro atoms. The van der Waals surface area contributed by atoms with Crippen molar-refractivity contribution in [2.75, 3.05) is 13.7 Å². The lowest BCUT2D eigenvalue weighted by Crippen LogP contribution is -2.33. The van der Waals surface area contributed by atoms with Gasteiger partial charge in [0.1, 0.15) is 12.4 Å². The third-order valence-electron chi connectivity index (χ3n) is 3.84. The van der Waals surface area contributed by atoms with Gasteiger partial charge in [-0.05, 0) is 24.5 Å². The first-order chi connectivity index (χ1) is 13.6. The third-order valence-corrected chi connectivity index (χ3v) is 3.84. The van der Waals surface area contributed by atoms with Gasteiger partial charge in [-0.3, -0.25) is 9.89 Å². The molecule has 2 N–H and O–H groups in total. The number of benzene rings is 1. The molecule has 0 saturated heterocycles. The summed E-state index contributed by atoms with van der Waals surface area (Å²) in [5, 5.41) is 13.2. The summed E-state index contributed by atoms with van der Waals surface area (Å²) < 4.78 is 16.1. The van der Waals surface area contributed by atoms with Crippen molar-refractivity contribution in [2.24, 2.45) is 5.92 Å². The van der Waals surface area contributed by atoms with Crippen LogP contribution in [-0.2, 0) is 4.79 Å². The molecular weight excluding hydrogens is 364 g/mol. The van der Waals surface area contributed by atoms with Crippen LogP contribution in [-0.4, -0.2) is 44.9 Å². The quantitative estimate of drug-likeness (QED) is 0.572. The molecular formula is C18H22N6O4. The number of amides is 1. The fraction of sp³-hybridized carbons (Fsp3) is 0.389. The van der Waals surface area contributed by atoms with Crippen LogP contribution in [0.1, 0.15) is 32.2 Å². The molecule has 10 heteroatoms. The highest BCUT2D eigenvalue weighted by atomic mass is 16.5. The molecule has 0 bridgehead atoms. The molecule has 1 atom stereocenters. The number of carbonyl (C=O) groups excluding carboxylic acids is 1. The van der Waals surface area contributed by atoms with Crippen LogP contribution in [0.5, 0.6) is 11.5 Å². The first-order valence-corrected chi connectivity index (χ1v) is 8.81. The molecule has 0 aliphatic carbocycles. The number of nitrogens with zero attached hydrogens (tertiary/aromatic N) is 4. The molecule has 148 valence electrons. The number of hydrogen-bond acceptors (Lipinski definition) is 8. The Kier molecular flexibility index (Phi) is 6.20. The molecule has 2 aromatic heterocycles. The zero-order valence-corrected chi connectivity index (χ0v) is 15.9. The van der Waals surface area contributed by atoms with Crippen LogP contribution in [0.2, 0.25) is 0 Å². The van der Waals surface area contributed by atoms with E-state index in [4.69, 9.17) is 14.0 Å². The zero-order chi connectivity index (χ0) is 19.9. The van der Waals surface area contributed by atoms with E-state index in [-0.39, 0.29) is 18.3 Å². The summed E-state index contributed by atoms with van der Waals surface area (Å²) in [4.78, 5) is 20.7. The second-order valence-corrected chi connectivity index (χ2v) is 6.48. The second kappa shape index (κ2) is 8.98. The standard InChI is InChI=1S/C18H22N6O4/c1-11(2)8-12(18-22-17(24-28-18)16-19-10-20-23-16)21-15(25)9-27-14-7-5-4-6-13(14)26-3/h4-7,10-12H,8-9H2,1-3H3,(H,21,25)(H,19,20,23)/t12-/m1/s1. The van der Waals surface area contributed by atoms with Gasteiger partial charge in [-0.2, -0.15) is 10.1 Å². The van der Waals surface area contributed by atoms with Gasteiger partial charge in [0.05, 0.1) is 7.11 Å². The third kappa shape index (κ3) is 4.84. The first-order valence-electron chi connectivity index (χ1n) is 8.81. The van der Waals surface area contributed by atoms with Gasteiger partial charge in [-0.1, -0.05) is 31.1 Å². The van der Waals surface area contributed by atoms with Gasteiger partial charge >= 0.3 is 0 Å². The van der Waals surface area contributed by atoms with E-state index in [2.05, 4.69) is 30.6 Å². The number of aromatic nitrogens is 5. The molecule has 3 aromatic rings. The Morgan fingerprint density at radius 2 is 2.07 bits per heavy atom. The van der Waals surface area contributed by atoms with Crippen LogP contribution < -0.4 is 14.8 Å². The lowest BCUT2D eigenvalue weighted by molar-refractivity contribution is -0.124. The molecule has 0 radical (unpaired) electrons. The Bertz CT molecular complexity index is 893. The molecule has 10 nitrogen and oxygen atoms in total. The Labute approximate surface area is 161 Å². The number of rotatable bonds is 9. The van der Waals surface area contributed by atoms with Gasteiger partial charge in [0.15, 0.2) is 23.9 Å². The Hall–Kier alpha value is -3.43. The molecule has 0 saturated carbocycles. The Morgan fingerprint density at radius 3 is 2.75 bits per heavy atom. The number of methoxy groups -OCH3 is 1. The fourth-order valence-electron chi connectivity index (χ4n) is 2.60. The van der Waals surface area contributed by atoms with Crippen molar-refractivity contribution < 1.29 is 18.8 Å². The highest BCUT2D eigenvalue weighted by Gasteiger charge is 2.24. The van der Waals surface area contributed by atoms with Crippen molar-refractivity contribution in [3.63, 3.8) is 0 Å². The average Bonchev–Trinajstić information content (AvgIpc) is 3.37. The molecule has 2 heterocycles. The smallest absolute Gasteiger partial charge is 0.258 e. The number of ether oxygens (including phenoxy) is 2. The number of nitrogens with one attached hydrogen (secondary N) is 2. The molecule has 0 unspecified atom stereocenters. The minimum atomic E-state index is -0.446. The second-order valence-electron chi connectivity index (χ2n) is 6.48. The van der Waals surface area contributed by atoms with Gasteiger partial charge in [-0.25, -0.2) is 4.98 Å². The topological polar surface area (TPSA) is 128 Å². The van der Waals surface area contributed by atoms with E-state index in [0.29, 0.717) is 35.6 Å². The van der Waals surface area contributed by atoms with E-state index < -0.39 is 6.04 Å². The minimum Gasteiger partial charge on any atom is -0.493 e. The van der Waals surface area contributed by atoms with Crippen LogP contribution in [0.4, 0.5) is 0 Å². The van der Waals surface area contributed by atoms with Crippen LogP contribution in [0, 0.1) is 5.92 Å². The van der Waals surface area contributed by atoms with Crippen molar-refractivity contribution in [1.82, 2.24) is 30.6 Å². The van der Waals surface area contributed by atoms with E-state index in [9.17, 15) is 4.79 Å². The summed E-state index contributed by atoms with van der Waals surface area (Å²) >= 11 is 0. The van der Waals surface area contributed by atoms with Crippen molar-refractivity contribution >= 4 is 5.91 Å². The largest absolute Gasteiger partial charge is 0.493 e. The summed E-state index contributed by atoms with van der Waals surface area (Å²) in [5.41, 5.74) is 0. The summed E-state index contributed by atoms with van der Waals surface area (Å²) in [7, 11) is 1.54. The van der Waals surface area contributed by atoms with Crippen LogP contribution in [0.15, 0.2) is 35.1 Å². The van der Waals surface area contributed by atoms with E-state index in [1.807, 2.05) is 19.9 Å².